The van der Waals surface area contributed by atoms with Crippen LogP contribution in [0.1, 0.15) is 46.5 Å². The number of nitrogens with zero attached hydrogens (tertiary/aromatic N) is 1. The molecule has 1 aliphatic rings. The summed E-state index contributed by atoms with van der Waals surface area (Å²) in [6.45, 7) is 5.88. The fraction of sp³-hybridized carbons (Fsp3) is 0.222. The second-order valence-corrected chi connectivity index (χ2v) is 8.55. The molecule has 3 amide bonds. The Labute approximate surface area is 193 Å². The zero-order valence-electron chi connectivity index (χ0n) is 18.9. The second kappa shape index (κ2) is 9.28. The normalized spacial score (nSPS) is 13.8. The lowest BCUT2D eigenvalue weighted by Gasteiger charge is -2.26. The summed E-state index contributed by atoms with van der Waals surface area (Å²) in [4.78, 5) is 40.2. The van der Waals surface area contributed by atoms with Crippen LogP contribution in [0.2, 0.25) is 0 Å². The van der Waals surface area contributed by atoms with Crippen LogP contribution in [0.25, 0.3) is 0 Å². The standard InChI is InChI=1S/C27H26N2O4/c1-17(2)16-23(29-26(31)21-9-5-6-10-22(21)27(29)32)25(30)28-19-12-14-20(15-13-19)33-24-11-7-4-8-18(24)3/h4-15,17,23H,16H2,1-3H3,(H,28,30). The Morgan fingerprint density at radius 1 is 0.879 bits per heavy atom. The average molecular weight is 443 g/mol. The van der Waals surface area contributed by atoms with E-state index in [2.05, 4.69) is 5.32 Å². The number of rotatable bonds is 7. The molecule has 1 unspecified atom stereocenters. The number of benzene rings is 3. The van der Waals surface area contributed by atoms with Gasteiger partial charge in [0, 0.05) is 5.69 Å². The van der Waals surface area contributed by atoms with Crippen LogP contribution in [0.5, 0.6) is 11.5 Å². The van der Waals surface area contributed by atoms with Crippen LogP contribution < -0.4 is 10.1 Å². The van der Waals surface area contributed by atoms with E-state index < -0.39 is 23.8 Å². The van der Waals surface area contributed by atoms with E-state index in [1.807, 2.05) is 45.0 Å². The molecule has 6 nitrogen and oxygen atoms in total. The summed E-state index contributed by atoms with van der Waals surface area (Å²) >= 11 is 0. The largest absolute Gasteiger partial charge is 0.457 e. The molecular weight excluding hydrogens is 416 g/mol. The molecule has 0 radical (unpaired) electrons. The van der Waals surface area contributed by atoms with E-state index in [0.717, 1.165) is 16.2 Å². The highest BCUT2D eigenvalue weighted by Crippen LogP contribution is 2.29. The fourth-order valence-electron chi connectivity index (χ4n) is 3.90. The molecule has 0 aliphatic carbocycles. The van der Waals surface area contributed by atoms with Crippen LogP contribution in [0, 0.1) is 12.8 Å². The molecule has 4 rings (SSSR count). The second-order valence-electron chi connectivity index (χ2n) is 8.55. The molecule has 6 heteroatoms. The van der Waals surface area contributed by atoms with Crippen molar-refractivity contribution in [3.8, 4) is 11.5 Å². The Morgan fingerprint density at radius 3 is 2.03 bits per heavy atom. The van der Waals surface area contributed by atoms with Crippen LogP contribution in [0.3, 0.4) is 0 Å². The lowest BCUT2D eigenvalue weighted by Crippen LogP contribution is -2.47. The van der Waals surface area contributed by atoms with Gasteiger partial charge < -0.3 is 10.1 Å². The van der Waals surface area contributed by atoms with Gasteiger partial charge >= 0.3 is 0 Å². The molecule has 1 atom stereocenters. The van der Waals surface area contributed by atoms with E-state index >= 15 is 0 Å². The van der Waals surface area contributed by atoms with Gasteiger partial charge in [0.2, 0.25) is 5.91 Å². The summed E-state index contributed by atoms with van der Waals surface area (Å²) in [6, 6.07) is 20.5. The molecule has 0 bridgehead atoms. The molecule has 0 saturated heterocycles. The van der Waals surface area contributed by atoms with Gasteiger partial charge in [-0.05, 0) is 67.3 Å². The van der Waals surface area contributed by atoms with Crippen LogP contribution in [0.15, 0.2) is 72.8 Å². The van der Waals surface area contributed by atoms with Gasteiger partial charge in [-0.3, -0.25) is 19.3 Å². The number of carbonyl (C=O) groups is 3. The van der Waals surface area contributed by atoms with Crippen molar-refractivity contribution < 1.29 is 19.1 Å². The number of aryl methyl sites for hydroxylation is 1. The smallest absolute Gasteiger partial charge is 0.262 e. The van der Waals surface area contributed by atoms with Crippen molar-refractivity contribution in [3.63, 3.8) is 0 Å². The summed E-state index contributed by atoms with van der Waals surface area (Å²) in [5.74, 6) is 0.246. The number of ether oxygens (including phenoxy) is 1. The van der Waals surface area contributed by atoms with Crippen molar-refractivity contribution >= 4 is 23.4 Å². The van der Waals surface area contributed by atoms with E-state index in [9.17, 15) is 14.4 Å². The Hall–Kier alpha value is -3.93. The van der Waals surface area contributed by atoms with Crippen molar-refractivity contribution in [1.82, 2.24) is 4.90 Å². The van der Waals surface area contributed by atoms with E-state index in [0.29, 0.717) is 29.0 Å². The highest BCUT2D eigenvalue weighted by molar-refractivity contribution is 6.23. The SMILES string of the molecule is Cc1ccccc1Oc1ccc(NC(=O)C(CC(C)C)N2C(=O)c3ccccc3C2=O)cc1. The monoisotopic (exact) mass is 442 g/mol. The highest BCUT2D eigenvalue weighted by atomic mass is 16.5. The Kier molecular flexibility index (Phi) is 6.27. The summed E-state index contributed by atoms with van der Waals surface area (Å²) < 4.78 is 5.90. The zero-order valence-corrected chi connectivity index (χ0v) is 18.9. The number of amides is 3. The predicted octanol–water partition coefficient (Wildman–Crippen LogP) is 5.44. The topological polar surface area (TPSA) is 75.7 Å². The number of fused-ring (bicyclic) bond motifs is 1. The number of imide groups is 1. The first-order valence-electron chi connectivity index (χ1n) is 11.0. The van der Waals surface area contributed by atoms with Crippen molar-refractivity contribution in [2.75, 3.05) is 5.32 Å². The van der Waals surface area contributed by atoms with E-state index in [1.165, 1.54) is 0 Å². The number of hydrogen-bond donors (Lipinski definition) is 1. The molecular formula is C27H26N2O4. The van der Waals surface area contributed by atoms with Gasteiger partial charge in [0.1, 0.15) is 17.5 Å². The number of hydrogen-bond acceptors (Lipinski definition) is 4. The number of carbonyl (C=O) groups excluding carboxylic acids is 3. The van der Waals surface area contributed by atoms with Crippen LogP contribution in [-0.2, 0) is 4.79 Å². The lowest BCUT2D eigenvalue weighted by molar-refractivity contribution is -0.120. The van der Waals surface area contributed by atoms with Gasteiger partial charge in [0.05, 0.1) is 11.1 Å². The first-order valence-corrected chi connectivity index (χ1v) is 11.0. The minimum atomic E-state index is -0.903. The minimum absolute atomic E-state index is 0.106. The molecule has 33 heavy (non-hydrogen) atoms. The molecule has 168 valence electrons. The molecule has 3 aromatic carbocycles. The third kappa shape index (κ3) is 4.65. The first kappa shape index (κ1) is 22.3. The van der Waals surface area contributed by atoms with Crippen molar-refractivity contribution in [3.05, 3.63) is 89.5 Å². The van der Waals surface area contributed by atoms with Gasteiger partial charge in [-0.15, -0.1) is 0 Å². The third-order valence-corrected chi connectivity index (χ3v) is 5.58. The first-order chi connectivity index (χ1) is 15.8. The zero-order chi connectivity index (χ0) is 23.5. The molecule has 0 saturated carbocycles. The number of anilines is 1. The predicted molar refractivity (Wildman–Crippen MR) is 127 cm³/mol. The van der Waals surface area contributed by atoms with Gasteiger partial charge in [0.25, 0.3) is 11.8 Å². The maximum atomic E-state index is 13.2. The Bertz CT molecular complexity index is 1170. The summed E-state index contributed by atoms with van der Waals surface area (Å²) in [6.07, 6.45) is 0.367. The molecule has 0 aromatic heterocycles. The molecule has 1 N–H and O–H groups in total. The van der Waals surface area contributed by atoms with Crippen molar-refractivity contribution in [1.29, 1.82) is 0 Å². The molecule has 0 fully saturated rings. The molecule has 1 aliphatic heterocycles. The Balaban J connectivity index is 1.51. The minimum Gasteiger partial charge on any atom is -0.457 e. The Morgan fingerprint density at radius 2 is 1.45 bits per heavy atom. The fourth-order valence-corrected chi connectivity index (χ4v) is 3.90. The van der Waals surface area contributed by atoms with Gasteiger partial charge in [-0.1, -0.05) is 44.2 Å². The van der Waals surface area contributed by atoms with E-state index in [1.54, 1.807) is 48.5 Å². The van der Waals surface area contributed by atoms with Crippen molar-refractivity contribution in [2.45, 2.75) is 33.2 Å². The average Bonchev–Trinajstić information content (AvgIpc) is 3.05. The van der Waals surface area contributed by atoms with Gasteiger partial charge in [-0.2, -0.15) is 0 Å². The van der Waals surface area contributed by atoms with E-state index in [4.69, 9.17) is 4.74 Å². The maximum Gasteiger partial charge on any atom is 0.262 e. The van der Waals surface area contributed by atoms with E-state index in [-0.39, 0.29) is 5.92 Å². The van der Waals surface area contributed by atoms with Crippen LogP contribution >= 0.6 is 0 Å². The summed E-state index contributed by atoms with van der Waals surface area (Å²) in [5.41, 5.74) is 2.25. The molecule has 3 aromatic rings. The molecule has 1 heterocycles. The van der Waals surface area contributed by atoms with Crippen molar-refractivity contribution in [2.24, 2.45) is 5.92 Å². The number of para-hydroxylation sites is 1. The van der Waals surface area contributed by atoms with Gasteiger partial charge in [0.15, 0.2) is 0 Å². The molecule has 0 spiro atoms. The van der Waals surface area contributed by atoms with Crippen LogP contribution in [0.4, 0.5) is 5.69 Å². The lowest BCUT2D eigenvalue weighted by atomic mass is 10.0. The number of nitrogens with one attached hydrogen (secondary N) is 1. The maximum absolute atomic E-state index is 13.2. The highest BCUT2D eigenvalue weighted by Gasteiger charge is 2.42. The summed E-state index contributed by atoms with van der Waals surface area (Å²) in [5, 5.41) is 2.85. The summed E-state index contributed by atoms with van der Waals surface area (Å²) in [7, 11) is 0. The van der Waals surface area contributed by atoms with Crippen LogP contribution in [-0.4, -0.2) is 28.7 Å². The van der Waals surface area contributed by atoms with Gasteiger partial charge in [-0.25, -0.2) is 0 Å². The third-order valence-electron chi connectivity index (χ3n) is 5.58. The quantitative estimate of drug-likeness (QED) is 0.495.